The summed E-state index contributed by atoms with van der Waals surface area (Å²) in [7, 11) is 3.30. The minimum Gasteiger partial charge on any atom is -0.454 e. The average Bonchev–Trinajstić information content (AvgIpc) is 2.71. The van der Waals surface area contributed by atoms with Crippen LogP contribution in [0.3, 0.4) is 0 Å². The molecule has 2 aromatic carbocycles. The molecule has 30 heavy (non-hydrogen) atoms. The second-order valence-corrected chi connectivity index (χ2v) is 6.73. The standard InChI is InChI=1S/C21H23N3O6/c1-4-5-20(26)22-16-9-6-14(7-10-16)19(25)13-30-21(27)15-8-11-17(23(2)3)18(12-15)24(28)29/h6-12H,4-5,13H2,1-3H3,(H,22,26). The molecule has 0 heterocycles. The summed E-state index contributed by atoms with van der Waals surface area (Å²) >= 11 is 0. The summed E-state index contributed by atoms with van der Waals surface area (Å²) in [6, 6.07) is 10.2. The van der Waals surface area contributed by atoms with Gasteiger partial charge in [0.05, 0.1) is 10.5 Å². The van der Waals surface area contributed by atoms with Crippen LogP contribution in [-0.2, 0) is 9.53 Å². The SMILES string of the molecule is CCCC(=O)Nc1ccc(C(=O)COC(=O)c2ccc(N(C)C)c([N+](=O)[O-])c2)cc1. The molecule has 0 unspecified atom stereocenters. The number of nitro groups is 1. The molecule has 0 fully saturated rings. The quantitative estimate of drug-likeness (QED) is 0.289. The minimum atomic E-state index is -0.833. The van der Waals surface area contributed by atoms with Crippen molar-refractivity contribution < 1.29 is 24.0 Å². The molecule has 1 amide bonds. The van der Waals surface area contributed by atoms with Crippen LogP contribution in [0.2, 0.25) is 0 Å². The van der Waals surface area contributed by atoms with E-state index >= 15 is 0 Å². The van der Waals surface area contributed by atoms with Gasteiger partial charge < -0.3 is 15.0 Å². The predicted octanol–water partition coefficient (Wildman–Crippen LogP) is 3.44. The molecule has 0 saturated carbocycles. The summed E-state index contributed by atoms with van der Waals surface area (Å²) in [5.41, 5.74) is 0.967. The van der Waals surface area contributed by atoms with Gasteiger partial charge in [-0.2, -0.15) is 0 Å². The van der Waals surface area contributed by atoms with E-state index in [2.05, 4.69) is 5.32 Å². The lowest BCUT2D eigenvalue weighted by molar-refractivity contribution is -0.384. The Morgan fingerprint density at radius 1 is 1.07 bits per heavy atom. The third-order valence-corrected chi connectivity index (χ3v) is 4.19. The third kappa shape index (κ3) is 5.87. The lowest BCUT2D eigenvalue weighted by Gasteiger charge is -2.13. The molecule has 9 heteroatoms. The lowest BCUT2D eigenvalue weighted by atomic mass is 10.1. The first kappa shape index (κ1) is 22.5. The number of ketones is 1. The van der Waals surface area contributed by atoms with Crippen LogP contribution in [0, 0.1) is 10.1 Å². The van der Waals surface area contributed by atoms with Crippen LogP contribution in [0.15, 0.2) is 42.5 Å². The van der Waals surface area contributed by atoms with Crippen LogP contribution < -0.4 is 10.2 Å². The molecule has 0 aromatic heterocycles. The summed E-state index contributed by atoms with van der Waals surface area (Å²) in [4.78, 5) is 48.3. The summed E-state index contributed by atoms with van der Waals surface area (Å²) in [5, 5.41) is 13.9. The van der Waals surface area contributed by atoms with Crippen molar-refractivity contribution >= 4 is 34.7 Å². The van der Waals surface area contributed by atoms with Gasteiger partial charge in [0.25, 0.3) is 5.69 Å². The number of amides is 1. The number of Topliss-reactive ketones (excluding diaryl/α,β-unsaturated/α-hetero) is 1. The van der Waals surface area contributed by atoms with Crippen LogP contribution in [-0.4, -0.2) is 43.3 Å². The number of anilines is 2. The highest BCUT2D eigenvalue weighted by Crippen LogP contribution is 2.28. The second kappa shape index (κ2) is 10.1. The third-order valence-electron chi connectivity index (χ3n) is 4.19. The highest BCUT2D eigenvalue weighted by atomic mass is 16.6. The van der Waals surface area contributed by atoms with Crippen LogP contribution in [0.1, 0.15) is 40.5 Å². The molecule has 0 radical (unpaired) electrons. The highest BCUT2D eigenvalue weighted by molar-refractivity contribution is 6.00. The van der Waals surface area contributed by atoms with E-state index < -0.39 is 23.3 Å². The second-order valence-electron chi connectivity index (χ2n) is 6.73. The van der Waals surface area contributed by atoms with Gasteiger partial charge in [0.15, 0.2) is 12.4 Å². The number of hydrogen-bond acceptors (Lipinski definition) is 7. The molecule has 9 nitrogen and oxygen atoms in total. The van der Waals surface area contributed by atoms with Gasteiger partial charge in [0.2, 0.25) is 5.91 Å². The molecule has 2 aromatic rings. The van der Waals surface area contributed by atoms with Crippen molar-refractivity contribution in [2.45, 2.75) is 19.8 Å². The number of carbonyl (C=O) groups is 3. The number of nitrogens with one attached hydrogen (secondary N) is 1. The fraction of sp³-hybridized carbons (Fsp3) is 0.286. The monoisotopic (exact) mass is 413 g/mol. The maximum Gasteiger partial charge on any atom is 0.338 e. The van der Waals surface area contributed by atoms with Gasteiger partial charge >= 0.3 is 5.97 Å². The van der Waals surface area contributed by atoms with Crippen molar-refractivity contribution in [3.63, 3.8) is 0 Å². The van der Waals surface area contributed by atoms with Crippen molar-refractivity contribution in [3.8, 4) is 0 Å². The van der Waals surface area contributed by atoms with E-state index in [1.54, 1.807) is 31.1 Å². The van der Waals surface area contributed by atoms with Gasteiger partial charge in [-0.3, -0.25) is 19.7 Å². The van der Waals surface area contributed by atoms with Crippen LogP contribution in [0.4, 0.5) is 17.1 Å². The van der Waals surface area contributed by atoms with Crippen molar-refractivity contribution in [1.29, 1.82) is 0 Å². The first-order valence-electron chi connectivity index (χ1n) is 9.29. The number of nitro benzene ring substituents is 1. The van der Waals surface area contributed by atoms with Crippen molar-refractivity contribution in [3.05, 3.63) is 63.7 Å². The van der Waals surface area contributed by atoms with Gasteiger partial charge in [-0.25, -0.2) is 4.79 Å². The van der Waals surface area contributed by atoms with Crippen LogP contribution in [0.25, 0.3) is 0 Å². The number of esters is 1. The van der Waals surface area contributed by atoms with Crippen LogP contribution >= 0.6 is 0 Å². The van der Waals surface area contributed by atoms with E-state index in [1.807, 2.05) is 6.92 Å². The van der Waals surface area contributed by atoms with Gasteiger partial charge in [-0.15, -0.1) is 0 Å². The number of hydrogen-bond donors (Lipinski definition) is 1. The maximum atomic E-state index is 12.3. The molecular weight excluding hydrogens is 390 g/mol. The fourth-order valence-electron chi connectivity index (χ4n) is 2.66. The van der Waals surface area contributed by atoms with E-state index in [0.717, 1.165) is 12.5 Å². The molecule has 0 saturated heterocycles. The zero-order valence-corrected chi connectivity index (χ0v) is 17.0. The van der Waals surface area contributed by atoms with E-state index in [1.165, 1.54) is 24.3 Å². The predicted molar refractivity (Wildman–Crippen MR) is 112 cm³/mol. The molecular formula is C21H23N3O6. The molecule has 0 spiro atoms. The number of nitrogens with zero attached hydrogens (tertiary/aromatic N) is 2. The van der Waals surface area contributed by atoms with Crippen molar-refractivity contribution in [2.75, 3.05) is 30.9 Å². The summed E-state index contributed by atoms with van der Waals surface area (Å²) in [6.45, 7) is 1.39. The first-order valence-corrected chi connectivity index (χ1v) is 9.29. The fourth-order valence-corrected chi connectivity index (χ4v) is 2.66. The normalized spacial score (nSPS) is 10.2. The Labute approximate surface area is 173 Å². The summed E-state index contributed by atoms with van der Waals surface area (Å²) < 4.78 is 5.01. The van der Waals surface area contributed by atoms with E-state index in [9.17, 15) is 24.5 Å². The number of rotatable bonds is 9. The average molecular weight is 413 g/mol. The zero-order valence-electron chi connectivity index (χ0n) is 17.0. The van der Waals surface area contributed by atoms with Crippen molar-refractivity contribution in [2.24, 2.45) is 0 Å². The Bertz CT molecular complexity index is 954. The van der Waals surface area contributed by atoms with Gasteiger partial charge in [0, 0.05) is 37.8 Å². The van der Waals surface area contributed by atoms with E-state index in [4.69, 9.17) is 4.74 Å². The molecule has 1 N–H and O–H groups in total. The maximum absolute atomic E-state index is 12.3. The number of carbonyl (C=O) groups excluding carboxylic acids is 3. The molecule has 0 aliphatic rings. The summed E-state index contributed by atoms with van der Waals surface area (Å²) in [5.74, 6) is -1.38. The van der Waals surface area contributed by atoms with Gasteiger partial charge in [-0.1, -0.05) is 6.92 Å². The smallest absolute Gasteiger partial charge is 0.338 e. The summed E-state index contributed by atoms with van der Waals surface area (Å²) in [6.07, 6.45) is 1.14. The number of ether oxygens (including phenoxy) is 1. The lowest BCUT2D eigenvalue weighted by Crippen LogP contribution is -2.16. The van der Waals surface area contributed by atoms with Gasteiger partial charge in [-0.05, 0) is 42.8 Å². The van der Waals surface area contributed by atoms with Crippen LogP contribution in [0.5, 0.6) is 0 Å². The zero-order chi connectivity index (χ0) is 22.3. The molecule has 0 aliphatic carbocycles. The Hall–Kier alpha value is -3.75. The molecule has 158 valence electrons. The number of benzene rings is 2. The van der Waals surface area contributed by atoms with Crippen molar-refractivity contribution in [1.82, 2.24) is 0 Å². The minimum absolute atomic E-state index is 0.0194. The van der Waals surface area contributed by atoms with E-state index in [0.29, 0.717) is 23.4 Å². The first-order chi connectivity index (χ1) is 14.2. The van der Waals surface area contributed by atoms with Gasteiger partial charge in [0.1, 0.15) is 5.69 Å². The topological polar surface area (TPSA) is 119 Å². The largest absolute Gasteiger partial charge is 0.454 e. The highest BCUT2D eigenvalue weighted by Gasteiger charge is 2.20. The van der Waals surface area contributed by atoms with E-state index in [-0.39, 0.29) is 17.2 Å². The molecule has 0 bridgehead atoms. The Morgan fingerprint density at radius 2 is 1.70 bits per heavy atom. The molecule has 0 atom stereocenters. The molecule has 2 rings (SSSR count). The Balaban J connectivity index is 2.00. The Kier molecular flexibility index (Phi) is 7.62. The Morgan fingerprint density at radius 3 is 2.27 bits per heavy atom. The molecule has 0 aliphatic heterocycles.